The Hall–Kier alpha value is -4.29. The van der Waals surface area contributed by atoms with Crippen molar-refractivity contribution >= 4 is 6.09 Å². The van der Waals surface area contributed by atoms with Crippen LogP contribution in [0.25, 0.3) is 0 Å². The van der Waals surface area contributed by atoms with Gasteiger partial charge in [0.1, 0.15) is 17.2 Å². The standard InChI is InChI=1S/C44H52F4N2O5/c1-43(2,3)55-42(51)50-26-40(54-31-44(4,29-45)30-46)52-28-39(50)41(53-27-34-18-12-7-13-19-34)38(22-35-20-36(47)23-37(48)21-35)49(24-32-14-8-5-9-15-32)25-33-16-10-6-11-17-33/h5-21,23,38-41H,22,24-31H2,1-4H3/t38-,39+,40-,41-/m0/s1. The lowest BCUT2D eigenvalue weighted by atomic mass is 9.92. The van der Waals surface area contributed by atoms with Crippen LogP contribution in [0.1, 0.15) is 49.9 Å². The molecule has 4 aromatic carbocycles. The minimum atomic E-state index is -1.38. The van der Waals surface area contributed by atoms with E-state index in [0.29, 0.717) is 18.7 Å². The van der Waals surface area contributed by atoms with E-state index >= 15 is 0 Å². The van der Waals surface area contributed by atoms with Crippen molar-refractivity contribution in [2.75, 3.05) is 33.1 Å². The van der Waals surface area contributed by atoms with Gasteiger partial charge in [-0.25, -0.2) is 13.6 Å². The van der Waals surface area contributed by atoms with Gasteiger partial charge in [-0.15, -0.1) is 0 Å². The number of benzene rings is 4. The molecule has 11 heteroatoms. The maximum atomic E-state index is 14.8. The lowest BCUT2D eigenvalue weighted by Crippen LogP contribution is -2.63. The number of carbonyl (C=O) groups excluding carboxylic acids is 1. The zero-order chi connectivity index (χ0) is 39.4. The SMILES string of the molecule is CC(CF)(CF)CO[C@H]1CN(C(=O)OC(C)(C)C)[C@@H]([C@@H](OCc2ccccc2)[C@H](Cc2cc(F)cc(F)c2)N(Cc2ccccc2)Cc2ccccc2)CO1. The van der Waals surface area contributed by atoms with Gasteiger partial charge in [-0.1, -0.05) is 97.9 Å². The highest BCUT2D eigenvalue weighted by Crippen LogP contribution is 2.30. The summed E-state index contributed by atoms with van der Waals surface area (Å²) in [5, 5.41) is 0. The molecule has 0 spiro atoms. The molecule has 0 unspecified atom stereocenters. The Morgan fingerprint density at radius 2 is 1.33 bits per heavy atom. The van der Waals surface area contributed by atoms with Crippen LogP contribution in [-0.4, -0.2) is 79.1 Å². The number of alkyl halides is 2. The molecule has 0 bridgehead atoms. The van der Waals surface area contributed by atoms with Gasteiger partial charge in [-0.05, 0) is 61.6 Å². The molecule has 296 valence electrons. The third kappa shape index (κ3) is 12.6. The topological polar surface area (TPSA) is 60.5 Å². The van der Waals surface area contributed by atoms with E-state index in [1.165, 1.54) is 24.0 Å². The van der Waals surface area contributed by atoms with Crippen LogP contribution in [0.3, 0.4) is 0 Å². The molecule has 0 aromatic heterocycles. The fourth-order valence-corrected chi connectivity index (χ4v) is 6.55. The Morgan fingerprint density at radius 1 is 0.800 bits per heavy atom. The summed E-state index contributed by atoms with van der Waals surface area (Å²) in [7, 11) is 0. The number of amides is 1. The second kappa shape index (κ2) is 19.5. The van der Waals surface area contributed by atoms with Crippen molar-refractivity contribution in [2.45, 2.75) is 83.9 Å². The molecule has 1 aliphatic heterocycles. The fourth-order valence-electron chi connectivity index (χ4n) is 6.55. The molecule has 1 amide bonds. The van der Waals surface area contributed by atoms with Gasteiger partial charge in [0.05, 0.1) is 51.9 Å². The molecular weight excluding hydrogens is 712 g/mol. The normalized spacial score (nSPS) is 17.6. The molecule has 0 aliphatic carbocycles. The summed E-state index contributed by atoms with van der Waals surface area (Å²) in [4.78, 5) is 17.9. The van der Waals surface area contributed by atoms with Crippen molar-refractivity contribution in [3.8, 4) is 0 Å². The Bertz CT molecular complexity index is 1700. The largest absolute Gasteiger partial charge is 0.444 e. The first kappa shape index (κ1) is 41.9. The molecule has 1 aliphatic rings. The van der Waals surface area contributed by atoms with Gasteiger partial charge in [0.15, 0.2) is 6.29 Å². The maximum Gasteiger partial charge on any atom is 0.410 e. The van der Waals surface area contributed by atoms with E-state index in [-0.39, 0.29) is 32.8 Å². The number of halogens is 4. The Kier molecular flexibility index (Phi) is 14.9. The third-order valence-electron chi connectivity index (χ3n) is 9.43. The number of hydrogen-bond donors (Lipinski definition) is 0. The van der Waals surface area contributed by atoms with E-state index in [1.807, 2.05) is 91.0 Å². The number of hydrogen-bond acceptors (Lipinski definition) is 6. The van der Waals surface area contributed by atoms with Gasteiger partial charge in [0.25, 0.3) is 0 Å². The molecular formula is C44H52F4N2O5. The number of morpholine rings is 1. The van der Waals surface area contributed by atoms with Crippen molar-refractivity contribution < 1.29 is 41.3 Å². The van der Waals surface area contributed by atoms with Gasteiger partial charge in [-0.3, -0.25) is 18.6 Å². The van der Waals surface area contributed by atoms with E-state index in [4.69, 9.17) is 18.9 Å². The zero-order valence-electron chi connectivity index (χ0n) is 32.0. The molecule has 0 radical (unpaired) electrons. The van der Waals surface area contributed by atoms with Gasteiger partial charge < -0.3 is 18.9 Å². The Morgan fingerprint density at radius 3 is 1.84 bits per heavy atom. The second-order valence-corrected chi connectivity index (χ2v) is 15.5. The molecule has 4 atom stereocenters. The minimum absolute atomic E-state index is 0.0934. The highest BCUT2D eigenvalue weighted by molar-refractivity contribution is 5.69. The monoisotopic (exact) mass is 764 g/mol. The maximum absolute atomic E-state index is 14.8. The summed E-state index contributed by atoms with van der Waals surface area (Å²) in [6.07, 6.45) is -2.38. The zero-order valence-corrected chi connectivity index (χ0v) is 32.0. The quantitative estimate of drug-likeness (QED) is 0.100. The van der Waals surface area contributed by atoms with Gasteiger partial charge in [-0.2, -0.15) is 0 Å². The molecule has 4 aromatic rings. The second-order valence-electron chi connectivity index (χ2n) is 15.5. The first-order chi connectivity index (χ1) is 26.3. The summed E-state index contributed by atoms with van der Waals surface area (Å²) in [6.45, 7) is 5.34. The summed E-state index contributed by atoms with van der Waals surface area (Å²) in [5.74, 6) is -1.42. The number of rotatable bonds is 17. The summed E-state index contributed by atoms with van der Waals surface area (Å²) in [6, 6.07) is 31.3. The molecule has 0 saturated carbocycles. The van der Waals surface area contributed by atoms with Crippen molar-refractivity contribution in [1.29, 1.82) is 0 Å². The number of carbonyl (C=O) groups is 1. The van der Waals surface area contributed by atoms with E-state index in [1.54, 1.807) is 20.8 Å². The molecule has 5 rings (SSSR count). The van der Waals surface area contributed by atoms with E-state index in [0.717, 1.165) is 22.8 Å². The highest BCUT2D eigenvalue weighted by atomic mass is 19.1. The van der Waals surface area contributed by atoms with Crippen molar-refractivity contribution in [3.05, 3.63) is 143 Å². The summed E-state index contributed by atoms with van der Waals surface area (Å²) in [5.41, 5.74) is 1.02. The van der Waals surface area contributed by atoms with E-state index in [2.05, 4.69) is 4.90 Å². The van der Waals surface area contributed by atoms with Crippen LogP contribution < -0.4 is 0 Å². The van der Waals surface area contributed by atoms with Gasteiger partial charge >= 0.3 is 6.09 Å². The van der Waals surface area contributed by atoms with Crippen LogP contribution in [-0.2, 0) is 45.1 Å². The molecule has 7 nitrogen and oxygen atoms in total. The van der Waals surface area contributed by atoms with Crippen LogP contribution in [0.15, 0.2) is 109 Å². The predicted molar refractivity (Wildman–Crippen MR) is 203 cm³/mol. The Balaban J connectivity index is 1.62. The van der Waals surface area contributed by atoms with E-state index < -0.39 is 66.6 Å². The number of ether oxygens (including phenoxy) is 4. The first-order valence-corrected chi connectivity index (χ1v) is 18.6. The van der Waals surface area contributed by atoms with Crippen molar-refractivity contribution in [1.82, 2.24) is 9.80 Å². The highest BCUT2D eigenvalue weighted by Gasteiger charge is 2.45. The molecule has 1 fully saturated rings. The third-order valence-corrected chi connectivity index (χ3v) is 9.43. The molecule has 1 heterocycles. The molecule has 0 N–H and O–H groups in total. The minimum Gasteiger partial charge on any atom is -0.444 e. The average Bonchev–Trinajstić information content (AvgIpc) is 3.16. The smallest absolute Gasteiger partial charge is 0.410 e. The fraction of sp³-hybridized carbons (Fsp3) is 0.432. The molecule has 1 saturated heterocycles. The average molecular weight is 765 g/mol. The first-order valence-electron chi connectivity index (χ1n) is 18.6. The van der Waals surface area contributed by atoms with Crippen LogP contribution in [0, 0.1) is 17.0 Å². The van der Waals surface area contributed by atoms with Crippen molar-refractivity contribution in [2.24, 2.45) is 5.41 Å². The lowest BCUT2D eigenvalue weighted by molar-refractivity contribution is -0.221. The van der Waals surface area contributed by atoms with Crippen LogP contribution in [0.5, 0.6) is 0 Å². The van der Waals surface area contributed by atoms with Crippen LogP contribution in [0.2, 0.25) is 0 Å². The Labute approximate surface area is 322 Å². The van der Waals surface area contributed by atoms with E-state index in [9.17, 15) is 22.4 Å². The predicted octanol–water partition coefficient (Wildman–Crippen LogP) is 9.09. The van der Waals surface area contributed by atoms with Crippen molar-refractivity contribution in [3.63, 3.8) is 0 Å². The lowest BCUT2D eigenvalue weighted by Gasteiger charge is -2.47. The van der Waals surface area contributed by atoms with Crippen LogP contribution >= 0.6 is 0 Å². The summed E-state index contributed by atoms with van der Waals surface area (Å²) < 4.78 is 82.2. The number of nitrogens with zero attached hydrogens (tertiary/aromatic N) is 2. The van der Waals surface area contributed by atoms with Gasteiger partial charge in [0, 0.05) is 30.6 Å². The summed E-state index contributed by atoms with van der Waals surface area (Å²) >= 11 is 0. The van der Waals surface area contributed by atoms with Gasteiger partial charge in [0.2, 0.25) is 0 Å². The van der Waals surface area contributed by atoms with Crippen LogP contribution in [0.4, 0.5) is 22.4 Å². The molecule has 55 heavy (non-hydrogen) atoms.